The highest BCUT2D eigenvalue weighted by Gasteiger charge is 2.10. The molecule has 0 saturated carbocycles. The van der Waals surface area contributed by atoms with Crippen LogP contribution in [0.2, 0.25) is 10.0 Å². The van der Waals surface area contributed by atoms with E-state index in [2.05, 4.69) is 19.2 Å². The van der Waals surface area contributed by atoms with Gasteiger partial charge in [0.1, 0.15) is 5.75 Å². The van der Waals surface area contributed by atoms with E-state index in [0.717, 1.165) is 42.3 Å². The molecule has 1 rings (SSSR count). The van der Waals surface area contributed by atoms with Crippen LogP contribution < -0.4 is 10.1 Å². The normalized spacial score (nSPS) is 10.7. The van der Waals surface area contributed by atoms with Crippen LogP contribution in [0.15, 0.2) is 12.1 Å². The van der Waals surface area contributed by atoms with Gasteiger partial charge in [-0.1, -0.05) is 37.0 Å². The molecule has 2 nitrogen and oxygen atoms in total. The minimum Gasteiger partial charge on any atom is -0.491 e. The Morgan fingerprint density at radius 1 is 1.26 bits per heavy atom. The van der Waals surface area contributed by atoms with E-state index in [0.29, 0.717) is 16.7 Å². The summed E-state index contributed by atoms with van der Waals surface area (Å²) in [4.78, 5) is 0. The van der Waals surface area contributed by atoms with Crippen LogP contribution in [-0.2, 0) is 6.54 Å². The summed E-state index contributed by atoms with van der Waals surface area (Å²) in [7, 11) is 0. The third-order valence-electron chi connectivity index (χ3n) is 2.51. The summed E-state index contributed by atoms with van der Waals surface area (Å²) in [5.41, 5.74) is 1.02. The molecule has 0 atom stereocenters. The number of hydrogen-bond acceptors (Lipinski definition) is 3. The van der Waals surface area contributed by atoms with Gasteiger partial charge in [0.25, 0.3) is 0 Å². The van der Waals surface area contributed by atoms with Gasteiger partial charge in [-0.25, -0.2) is 0 Å². The lowest BCUT2D eigenvalue weighted by atomic mass is 10.2. The molecule has 1 aromatic carbocycles. The summed E-state index contributed by atoms with van der Waals surface area (Å²) in [6.07, 6.45) is 1.09. The lowest BCUT2D eigenvalue weighted by Gasteiger charge is -2.14. The van der Waals surface area contributed by atoms with Crippen LogP contribution in [0.25, 0.3) is 0 Å². The van der Waals surface area contributed by atoms with Gasteiger partial charge < -0.3 is 10.1 Å². The van der Waals surface area contributed by atoms with Crippen molar-refractivity contribution in [3.8, 4) is 5.75 Å². The lowest BCUT2D eigenvalue weighted by molar-refractivity contribution is 0.339. The summed E-state index contributed by atoms with van der Waals surface area (Å²) >= 11 is 14.1. The largest absolute Gasteiger partial charge is 0.491 e. The average Bonchev–Trinajstić information content (AvgIpc) is 2.37. The summed E-state index contributed by atoms with van der Waals surface area (Å²) in [6, 6.07) is 3.65. The monoisotopic (exact) mass is 321 g/mol. The molecule has 0 aliphatic heterocycles. The molecule has 0 unspecified atom stereocenters. The predicted octanol–water partition coefficient (Wildman–Crippen LogP) is 4.62. The fourth-order valence-corrected chi connectivity index (χ4v) is 2.73. The van der Waals surface area contributed by atoms with Crippen LogP contribution in [0.3, 0.4) is 0 Å². The second-order valence-corrected chi connectivity index (χ2v) is 6.34. The Hall–Kier alpha value is -0.0900. The van der Waals surface area contributed by atoms with E-state index in [-0.39, 0.29) is 0 Å². The lowest BCUT2D eigenvalue weighted by Crippen LogP contribution is -2.15. The molecule has 1 aromatic rings. The van der Waals surface area contributed by atoms with Gasteiger partial charge in [-0.05, 0) is 30.9 Å². The van der Waals surface area contributed by atoms with Crippen molar-refractivity contribution in [1.82, 2.24) is 5.32 Å². The standard InChI is InChI=1S/C14H21Cl2NOS/c1-3-5-17-10-11-8-12(15)9-13(16)14(11)18-6-7-19-4-2/h8-9,17H,3-7,10H2,1-2H3. The SMILES string of the molecule is CCCNCc1cc(Cl)cc(Cl)c1OCCSCC. The number of thioether (sulfide) groups is 1. The Morgan fingerprint density at radius 2 is 2.05 bits per heavy atom. The van der Waals surface area contributed by atoms with E-state index in [4.69, 9.17) is 27.9 Å². The van der Waals surface area contributed by atoms with E-state index in [1.807, 2.05) is 17.8 Å². The smallest absolute Gasteiger partial charge is 0.142 e. The van der Waals surface area contributed by atoms with Crippen molar-refractivity contribution < 1.29 is 4.74 Å². The average molecular weight is 322 g/mol. The van der Waals surface area contributed by atoms with Crippen LogP contribution in [0, 0.1) is 0 Å². The number of benzene rings is 1. The predicted molar refractivity (Wildman–Crippen MR) is 87.0 cm³/mol. The van der Waals surface area contributed by atoms with Crippen molar-refractivity contribution in [2.45, 2.75) is 26.8 Å². The molecule has 0 saturated heterocycles. The Balaban J connectivity index is 2.69. The maximum absolute atomic E-state index is 6.22. The van der Waals surface area contributed by atoms with E-state index in [1.165, 1.54) is 0 Å². The molecular formula is C14H21Cl2NOS. The van der Waals surface area contributed by atoms with E-state index in [9.17, 15) is 0 Å². The molecule has 0 fully saturated rings. The zero-order valence-corrected chi connectivity index (χ0v) is 13.8. The summed E-state index contributed by atoms with van der Waals surface area (Å²) in [5.74, 6) is 2.83. The third-order valence-corrected chi connectivity index (χ3v) is 3.87. The molecule has 0 radical (unpaired) electrons. The fraction of sp³-hybridized carbons (Fsp3) is 0.571. The quantitative estimate of drug-likeness (QED) is 0.670. The van der Waals surface area contributed by atoms with Crippen LogP contribution in [0.5, 0.6) is 5.75 Å². The highest BCUT2D eigenvalue weighted by Crippen LogP contribution is 2.32. The zero-order chi connectivity index (χ0) is 14.1. The van der Waals surface area contributed by atoms with Gasteiger partial charge in [0.15, 0.2) is 0 Å². The maximum Gasteiger partial charge on any atom is 0.142 e. The van der Waals surface area contributed by atoms with Gasteiger partial charge in [-0.15, -0.1) is 0 Å². The molecule has 0 heterocycles. The van der Waals surface area contributed by atoms with Gasteiger partial charge >= 0.3 is 0 Å². The maximum atomic E-state index is 6.22. The van der Waals surface area contributed by atoms with Crippen molar-refractivity contribution in [2.75, 3.05) is 24.7 Å². The summed E-state index contributed by atoms with van der Waals surface area (Å²) in [6.45, 7) is 6.64. The summed E-state index contributed by atoms with van der Waals surface area (Å²) in [5, 5.41) is 4.58. The molecule has 1 N–H and O–H groups in total. The molecule has 0 amide bonds. The number of ether oxygens (including phenoxy) is 1. The first-order valence-electron chi connectivity index (χ1n) is 6.58. The van der Waals surface area contributed by atoms with Gasteiger partial charge in [0.2, 0.25) is 0 Å². The van der Waals surface area contributed by atoms with Crippen molar-refractivity contribution in [1.29, 1.82) is 0 Å². The minimum absolute atomic E-state index is 0.585. The first-order chi connectivity index (χ1) is 9.19. The molecule has 5 heteroatoms. The van der Waals surface area contributed by atoms with E-state index < -0.39 is 0 Å². The number of halogens is 2. The minimum atomic E-state index is 0.585. The van der Waals surface area contributed by atoms with Gasteiger partial charge in [0.05, 0.1) is 11.6 Å². The van der Waals surface area contributed by atoms with Crippen molar-refractivity contribution in [3.63, 3.8) is 0 Å². The Labute approximate surface area is 130 Å². The zero-order valence-electron chi connectivity index (χ0n) is 11.5. The van der Waals surface area contributed by atoms with Crippen molar-refractivity contribution >= 4 is 35.0 Å². The van der Waals surface area contributed by atoms with Crippen LogP contribution in [-0.4, -0.2) is 24.7 Å². The van der Waals surface area contributed by atoms with E-state index >= 15 is 0 Å². The molecular weight excluding hydrogens is 301 g/mol. The molecule has 19 heavy (non-hydrogen) atoms. The molecule has 0 aliphatic carbocycles. The number of rotatable bonds is 9. The first-order valence-corrected chi connectivity index (χ1v) is 8.49. The molecule has 0 spiro atoms. The highest BCUT2D eigenvalue weighted by molar-refractivity contribution is 7.99. The Bertz CT molecular complexity index is 388. The summed E-state index contributed by atoms with van der Waals surface area (Å²) < 4.78 is 5.80. The molecule has 108 valence electrons. The van der Waals surface area contributed by atoms with Crippen LogP contribution in [0.1, 0.15) is 25.8 Å². The van der Waals surface area contributed by atoms with Crippen LogP contribution in [0.4, 0.5) is 0 Å². The second-order valence-electron chi connectivity index (χ2n) is 4.10. The molecule has 0 aromatic heterocycles. The van der Waals surface area contributed by atoms with Gasteiger partial charge in [-0.2, -0.15) is 11.8 Å². The van der Waals surface area contributed by atoms with Gasteiger partial charge in [-0.3, -0.25) is 0 Å². The van der Waals surface area contributed by atoms with E-state index in [1.54, 1.807) is 6.07 Å². The number of hydrogen-bond donors (Lipinski definition) is 1. The van der Waals surface area contributed by atoms with Gasteiger partial charge in [0, 0.05) is 22.9 Å². The molecule has 0 aliphatic rings. The fourth-order valence-electron chi connectivity index (χ4n) is 1.65. The first kappa shape index (κ1) is 17.0. The van der Waals surface area contributed by atoms with Crippen molar-refractivity contribution in [3.05, 3.63) is 27.7 Å². The third kappa shape index (κ3) is 6.26. The molecule has 0 bridgehead atoms. The highest BCUT2D eigenvalue weighted by atomic mass is 35.5. The Morgan fingerprint density at radius 3 is 2.74 bits per heavy atom. The second kappa shape index (κ2) is 9.76. The Kier molecular flexibility index (Phi) is 8.71. The van der Waals surface area contributed by atoms with Crippen molar-refractivity contribution in [2.24, 2.45) is 0 Å². The number of nitrogens with one attached hydrogen (secondary N) is 1. The van der Waals surface area contributed by atoms with Crippen LogP contribution >= 0.6 is 35.0 Å². The topological polar surface area (TPSA) is 21.3 Å².